The summed E-state index contributed by atoms with van der Waals surface area (Å²) in [7, 11) is 0. The highest BCUT2D eigenvalue weighted by atomic mass is 32.2. The molecule has 2 aromatic heterocycles. The molecule has 1 atom stereocenters. The molecule has 0 amide bonds. The molecule has 2 fully saturated rings. The van der Waals surface area contributed by atoms with Crippen LogP contribution in [0.1, 0.15) is 30.9 Å². The number of anilines is 1. The topological polar surface area (TPSA) is 92.2 Å². The zero-order valence-electron chi connectivity index (χ0n) is 17.9. The van der Waals surface area contributed by atoms with Crippen LogP contribution in [-0.2, 0) is 6.54 Å². The SMILES string of the molecule is CSNCc1cccc(-c2cn(C3CC(CN4CCC(O)C4)C3)c3ncnc(N)c23)c1. The molecule has 1 aromatic carbocycles. The normalized spacial score (nSPS) is 24.0. The number of nitrogens with two attached hydrogens (primary N) is 1. The van der Waals surface area contributed by atoms with Crippen LogP contribution in [0.15, 0.2) is 36.8 Å². The average molecular weight is 439 g/mol. The van der Waals surface area contributed by atoms with Crippen molar-refractivity contribution >= 4 is 28.8 Å². The van der Waals surface area contributed by atoms with E-state index >= 15 is 0 Å². The second-order valence-electron chi connectivity index (χ2n) is 8.83. The molecule has 5 rings (SSSR count). The molecular formula is C23H30N6OS. The Kier molecular flexibility index (Phi) is 5.88. The third-order valence-electron chi connectivity index (χ3n) is 6.67. The Bertz CT molecular complexity index is 1060. The van der Waals surface area contributed by atoms with E-state index in [2.05, 4.69) is 54.6 Å². The lowest BCUT2D eigenvalue weighted by Crippen LogP contribution is -2.36. The van der Waals surface area contributed by atoms with Gasteiger partial charge in [-0.2, -0.15) is 0 Å². The van der Waals surface area contributed by atoms with Gasteiger partial charge in [-0.25, -0.2) is 9.97 Å². The first-order valence-corrected chi connectivity index (χ1v) is 12.2. The van der Waals surface area contributed by atoms with E-state index in [-0.39, 0.29) is 6.10 Å². The van der Waals surface area contributed by atoms with Crippen molar-refractivity contribution in [2.45, 2.75) is 38.0 Å². The number of benzene rings is 1. The Morgan fingerprint density at radius 1 is 1.29 bits per heavy atom. The van der Waals surface area contributed by atoms with Crippen LogP contribution in [0.4, 0.5) is 5.82 Å². The Hall–Kier alpha value is -2.13. The molecule has 0 radical (unpaired) electrons. The highest BCUT2D eigenvalue weighted by Gasteiger charge is 2.34. The summed E-state index contributed by atoms with van der Waals surface area (Å²) in [6.07, 6.45) is 8.86. The number of nitrogens with zero attached hydrogens (tertiary/aromatic N) is 4. The molecule has 1 aliphatic heterocycles. The van der Waals surface area contributed by atoms with Crippen molar-refractivity contribution in [1.82, 2.24) is 24.2 Å². The highest BCUT2D eigenvalue weighted by molar-refractivity contribution is 7.96. The predicted octanol–water partition coefficient (Wildman–Crippen LogP) is 3.07. The minimum atomic E-state index is -0.145. The fourth-order valence-electron chi connectivity index (χ4n) is 5.03. The molecule has 1 saturated carbocycles. The van der Waals surface area contributed by atoms with E-state index in [0.29, 0.717) is 17.8 Å². The number of nitrogen functional groups attached to an aromatic ring is 1. The van der Waals surface area contributed by atoms with Crippen LogP contribution in [-0.4, -0.2) is 56.5 Å². The first kappa shape index (κ1) is 20.8. The van der Waals surface area contributed by atoms with Gasteiger partial charge in [0.2, 0.25) is 0 Å². The van der Waals surface area contributed by atoms with E-state index in [1.54, 1.807) is 18.3 Å². The van der Waals surface area contributed by atoms with E-state index < -0.39 is 0 Å². The number of hydrogen-bond donors (Lipinski definition) is 3. The van der Waals surface area contributed by atoms with Crippen molar-refractivity contribution < 1.29 is 5.11 Å². The van der Waals surface area contributed by atoms with Gasteiger partial charge in [0.05, 0.1) is 11.5 Å². The quantitative estimate of drug-likeness (QED) is 0.488. The van der Waals surface area contributed by atoms with Gasteiger partial charge >= 0.3 is 0 Å². The maximum absolute atomic E-state index is 9.78. The van der Waals surface area contributed by atoms with Crippen LogP contribution in [0.3, 0.4) is 0 Å². The minimum absolute atomic E-state index is 0.145. The highest BCUT2D eigenvalue weighted by Crippen LogP contribution is 2.43. The molecule has 2 aliphatic rings. The third-order valence-corrected chi connectivity index (χ3v) is 7.10. The van der Waals surface area contributed by atoms with E-state index in [1.807, 2.05) is 6.26 Å². The number of hydrogen-bond acceptors (Lipinski definition) is 7. The fourth-order valence-corrected chi connectivity index (χ4v) is 5.34. The van der Waals surface area contributed by atoms with Crippen LogP contribution in [0, 0.1) is 5.92 Å². The predicted molar refractivity (Wildman–Crippen MR) is 127 cm³/mol. The fraction of sp³-hybridized carbons (Fsp3) is 0.478. The first-order chi connectivity index (χ1) is 15.1. The second kappa shape index (κ2) is 8.78. The largest absolute Gasteiger partial charge is 0.392 e. The molecule has 7 nitrogen and oxygen atoms in total. The Balaban J connectivity index is 1.40. The van der Waals surface area contributed by atoms with Crippen LogP contribution in [0.25, 0.3) is 22.2 Å². The summed E-state index contributed by atoms with van der Waals surface area (Å²) < 4.78 is 5.62. The van der Waals surface area contributed by atoms with E-state index in [4.69, 9.17) is 5.73 Å². The van der Waals surface area contributed by atoms with Crippen LogP contribution in [0.2, 0.25) is 0 Å². The molecule has 0 spiro atoms. The molecule has 1 unspecified atom stereocenters. The van der Waals surface area contributed by atoms with Gasteiger partial charge in [-0.15, -0.1) is 0 Å². The monoisotopic (exact) mass is 438 g/mol. The minimum Gasteiger partial charge on any atom is -0.392 e. The summed E-state index contributed by atoms with van der Waals surface area (Å²) in [4.78, 5) is 11.3. The molecule has 1 aliphatic carbocycles. The summed E-state index contributed by atoms with van der Waals surface area (Å²) in [6, 6.07) is 9.02. The molecular weight excluding hydrogens is 408 g/mol. The average Bonchev–Trinajstić information content (AvgIpc) is 3.33. The number of rotatable bonds is 7. The van der Waals surface area contributed by atoms with Gasteiger partial charge in [0.25, 0.3) is 0 Å². The summed E-state index contributed by atoms with van der Waals surface area (Å²) in [6.45, 7) is 3.74. The Labute approximate surface area is 187 Å². The lowest BCUT2D eigenvalue weighted by atomic mass is 9.79. The number of aromatic nitrogens is 3. The smallest absolute Gasteiger partial charge is 0.146 e. The Morgan fingerprint density at radius 2 is 2.16 bits per heavy atom. The number of likely N-dealkylation sites (tertiary alicyclic amines) is 1. The van der Waals surface area contributed by atoms with E-state index in [9.17, 15) is 5.11 Å². The van der Waals surface area contributed by atoms with Crippen molar-refractivity contribution in [3.8, 4) is 11.1 Å². The molecule has 1 saturated heterocycles. The molecule has 31 heavy (non-hydrogen) atoms. The lowest BCUT2D eigenvalue weighted by molar-refractivity contribution is 0.128. The summed E-state index contributed by atoms with van der Waals surface area (Å²) >= 11 is 1.62. The van der Waals surface area contributed by atoms with Crippen molar-refractivity contribution in [2.24, 2.45) is 5.92 Å². The summed E-state index contributed by atoms with van der Waals surface area (Å²) in [5.41, 5.74) is 10.7. The number of fused-ring (bicyclic) bond motifs is 1. The van der Waals surface area contributed by atoms with Crippen molar-refractivity contribution in [3.05, 3.63) is 42.4 Å². The van der Waals surface area contributed by atoms with Gasteiger partial charge in [-0.05, 0) is 48.6 Å². The first-order valence-electron chi connectivity index (χ1n) is 11.0. The third kappa shape index (κ3) is 4.17. The lowest BCUT2D eigenvalue weighted by Gasteiger charge is -2.38. The van der Waals surface area contributed by atoms with E-state index in [1.165, 1.54) is 5.56 Å². The molecule has 3 heterocycles. The van der Waals surface area contributed by atoms with E-state index in [0.717, 1.165) is 67.6 Å². The maximum atomic E-state index is 9.78. The second-order valence-corrected chi connectivity index (χ2v) is 9.52. The zero-order valence-corrected chi connectivity index (χ0v) is 18.7. The molecule has 164 valence electrons. The van der Waals surface area contributed by atoms with Crippen molar-refractivity contribution in [1.29, 1.82) is 0 Å². The number of aliphatic hydroxyl groups excluding tert-OH is 1. The van der Waals surface area contributed by atoms with Gasteiger partial charge in [0, 0.05) is 44.0 Å². The zero-order chi connectivity index (χ0) is 21.4. The Morgan fingerprint density at radius 3 is 2.94 bits per heavy atom. The van der Waals surface area contributed by atoms with Gasteiger partial charge in [-0.1, -0.05) is 30.1 Å². The van der Waals surface area contributed by atoms with Gasteiger partial charge in [0.1, 0.15) is 17.8 Å². The van der Waals surface area contributed by atoms with Crippen LogP contribution in [0.5, 0.6) is 0 Å². The van der Waals surface area contributed by atoms with Gasteiger partial charge in [-0.3, -0.25) is 4.72 Å². The maximum Gasteiger partial charge on any atom is 0.146 e. The summed E-state index contributed by atoms with van der Waals surface area (Å²) in [5.74, 6) is 1.21. The molecule has 4 N–H and O–H groups in total. The van der Waals surface area contributed by atoms with Crippen molar-refractivity contribution in [3.63, 3.8) is 0 Å². The number of β-amino-alcohol motifs (C(OH)–C–C–N with tert-alkyl or cyclic N) is 1. The number of nitrogens with one attached hydrogen (secondary N) is 1. The molecule has 0 bridgehead atoms. The van der Waals surface area contributed by atoms with Crippen LogP contribution >= 0.6 is 11.9 Å². The van der Waals surface area contributed by atoms with Crippen molar-refractivity contribution in [2.75, 3.05) is 31.6 Å². The van der Waals surface area contributed by atoms with Gasteiger partial charge in [0.15, 0.2) is 0 Å². The van der Waals surface area contributed by atoms with Gasteiger partial charge < -0.3 is 20.3 Å². The van der Waals surface area contributed by atoms with Crippen LogP contribution < -0.4 is 10.5 Å². The molecule has 3 aromatic rings. The number of aliphatic hydroxyl groups is 1. The standard InChI is InChI=1S/C23H30N6OS/c1-31-27-10-15-3-2-4-17(7-15)20-13-29(23-21(20)22(24)25-14-26-23)18-8-16(9-18)11-28-6-5-19(30)12-28/h2-4,7,13-14,16,18-19,27,30H,5-6,8-12H2,1H3,(H2,24,25,26). The molecule has 8 heteroatoms. The summed E-state index contributed by atoms with van der Waals surface area (Å²) in [5, 5.41) is 10.7.